The number of allylic oxidation sites excluding steroid dienone is 3. The number of anilines is 1. The molecule has 0 aliphatic rings. The molecule has 1 amide bonds. The van der Waals surface area contributed by atoms with Crippen molar-refractivity contribution in [1.29, 1.82) is 0 Å². The summed E-state index contributed by atoms with van der Waals surface area (Å²) in [5.74, 6) is 0.961. The number of nitrogens with two attached hydrogens (primary N) is 1. The van der Waals surface area contributed by atoms with Gasteiger partial charge in [0.2, 0.25) is 15.9 Å². The molecule has 0 aromatic heterocycles. The zero-order valence-electron chi connectivity index (χ0n) is 17.2. The molecule has 2 aromatic rings. The number of sulfonamides is 1. The standard InChI is InChI=1S/C23H22FN3O3S2/c1-3-18-14-17(15-21(24)23(18)27-32(2,29)30)16-26-22(28)12-11-19(25)8-7-13-31-20-9-5-4-6-10-20/h1,4-15,27H,16,25H2,2H3,(H,26,28)/b12-11+,13-7?,19-8-. The third kappa shape index (κ3) is 8.71. The first-order valence-corrected chi connectivity index (χ1v) is 12.0. The average molecular weight is 472 g/mol. The van der Waals surface area contributed by atoms with E-state index in [1.54, 1.807) is 12.2 Å². The number of benzene rings is 2. The topological polar surface area (TPSA) is 101 Å². The lowest BCUT2D eigenvalue weighted by Gasteiger charge is -2.11. The fourth-order valence-electron chi connectivity index (χ4n) is 2.41. The predicted octanol–water partition coefficient (Wildman–Crippen LogP) is 3.50. The number of nitrogens with one attached hydrogen (secondary N) is 2. The lowest BCUT2D eigenvalue weighted by atomic mass is 10.1. The predicted molar refractivity (Wildman–Crippen MR) is 127 cm³/mol. The van der Waals surface area contributed by atoms with E-state index in [9.17, 15) is 17.6 Å². The second kappa shape index (κ2) is 11.8. The van der Waals surface area contributed by atoms with Gasteiger partial charge in [0.1, 0.15) is 5.82 Å². The quantitative estimate of drug-likeness (QED) is 0.225. The van der Waals surface area contributed by atoms with Gasteiger partial charge in [0.25, 0.3) is 0 Å². The lowest BCUT2D eigenvalue weighted by molar-refractivity contribution is -0.116. The summed E-state index contributed by atoms with van der Waals surface area (Å²) in [5, 5.41) is 4.46. The van der Waals surface area contributed by atoms with Crippen LogP contribution in [0.4, 0.5) is 10.1 Å². The summed E-state index contributed by atoms with van der Waals surface area (Å²) in [4.78, 5) is 13.1. The Morgan fingerprint density at radius 3 is 2.62 bits per heavy atom. The van der Waals surface area contributed by atoms with Crippen LogP contribution in [0, 0.1) is 18.2 Å². The van der Waals surface area contributed by atoms with Crippen molar-refractivity contribution in [1.82, 2.24) is 5.32 Å². The number of carbonyl (C=O) groups excluding carboxylic acids is 1. The minimum absolute atomic E-state index is 0.00876. The van der Waals surface area contributed by atoms with Crippen molar-refractivity contribution in [2.45, 2.75) is 11.4 Å². The maximum absolute atomic E-state index is 14.3. The monoisotopic (exact) mass is 471 g/mol. The summed E-state index contributed by atoms with van der Waals surface area (Å²) in [6.07, 6.45) is 12.4. The number of rotatable bonds is 9. The van der Waals surface area contributed by atoms with Crippen LogP contribution < -0.4 is 15.8 Å². The average Bonchev–Trinajstić information content (AvgIpc) is 2.75. The van der Waals surface area contributed by atoms with E-state index >= 15 is 0 Å². The number of carbonyl (C=O) groups is 1. The highest BCUT2D eigenvalue weighted by atomic mass is 32.2. The first kappa shape index (κ1) is 24.8. The minimum Gasteiger partial charge on any atom is -0.399 e. The highest BCUT2D eigenvalue weighted by Crippen LogP contribution is 2.22. The van der Waals surface area contributed by atoms with Crippen LogP contribution in [0.25, 0.3) is 0 Å². The Morgan fingerprint density at radius 1 is 1.25 bits per heavy atom. The molecule has 32 heavy (non-hydrogen) atoms. The van der Waals surface area contributed by atoms with Crippen LogP contribution in [-0.4, -0.2) is 20.6 Å². The van der Waals surface area contributed by atoms with E-state index in [1.807, 2.05) is 35.7 Å². The van der Waals surface area contributed by atoms with Crippen LogP contribution in [0.5, 0.6) is 0 Å². The number of thioether (sulfide) groups is 1. The minimum atomic E-state index is -3.70. The zero-order valence-corrected chi connectivity index (χ0v) is 18.8. The molecule has 0 saturated heterocycles. The van der Waals surface area contributed by atoms with E-state index in [0.717, 1.165) is 17.2 Å². The Kier molecular flexibility index (Phi) is 9.13. The molecule has 0 aliphatic carbocycles. The van der Waals surface area contributed by atoms with E-state index in [-0.39, 0.29) is 17.8 Å². The van der Waals surface area contributed by atoms with Gasteiger partial charge in [0.15, 0.2) is 0 Å². The molecule has 0 saturated carbocycles. The molecule has 6 nitrogen and oxygen atoms in total. The van der Waals surface area contributed by atoms with Gasteiger partial charge < -0.3 is 11.1 Å². The summed E-state index contributed by atoms with van der Waals surface area (Å²) < 4.78 is 39.1. The number of terminal acetylenes is 1. The Labute approximate surface area is 191 Å². The Morgan fingerprint density at radius 2 is 1.97 bits per heavy atom. The van der Waals surface area contributed by atoms with Gasteiger partial charge in [-0.2, -0.15) is 0 Å². The van der Waals surface area contributed by atoms with Crippen LogP contribution in [0.3, 0.4) is 0 Å². The molecular formula is C23H22FN3O3S2. The maximum Gasteiger partial charge on any atom is 0.244 e. The Balaban J connectivity index is 1.92. The molecule has 9 heteroatoms. The third-order valence-electron chi connectivity index (χ3n) is 3.80. The number of hydrogen-bond acceptors (Lipinski definition) is 5. The normalized spacial score (nSPS) is 12.1. The molecule has 4 N–H and O–H groups in total. The molecule has 2 rings (SSSR count). The van der Waals surface area contributed by atoms with Crippen molar-refractivity contribution in [2.24, 2.45) is 5.73 Å². The maximum atomic E-state index is 14.3. The summed E-state index contributed by atoms with van der Waals surface area (Å²) in [5.41, 5.74) is 6.32. The van der Waals surface area contributed by atoms with E-state index in [2.05, 4.69) is 16.0 Å². The zero-order chi connectivity index (χ0) is 23.6. The van der Waals surface area contributed by atoms with Crippen molar-refractivity contribution >= 4 is 33.4 Å². The molecule has 0 radical (unpaired) electrons. The molecular weight excluding hydrogens is 449 g/mol. The largest absolute Gasteiger partial charge is 0.399 e. The van der Waals surface area contributed by atoms with Gasteiger partial charge >= 0.3 is 0 Å². The second-order valence-electron chi connectivity index (χ2n) is 6.50. The number of amides is 1. The fourth-order valence-corrected chi connectivity index (χ4v) is 3.62. The fraction of sp³-hybridized carbons (Fsp3) is 0.0870. The molecule has 0 aliphatic heterocycles. The number of hydrogen-bond donors (Lipinski definition) is 3. The van der Waals surface area contributed by atoms with Crippen molar-refractivity contribution < 1.29 is 17.6 Å². The SMILES string of the molecule is C#Cc1cc(CNC(=O)/C=C/C(N)=C/C=CSc2ccccc2)cc(F)c1NS(C)(=O)=O. The molecule has 0 spiro atoms. The first-order chi connectivity index (χ1) is 15.2. The molecule has 0 atom stereocenters. The van der Waals surface area contributed by atoms with Gasteiger partial charge in [-0.15, -0.1) is 6.42 Å². The molecule has 0 fully saturated rings. The van der Waals surface area contributed by atoms with Crippen LogP contribution in [0.2, 0.25) is 0 Å². The van der Waals surface area contributed by atoms with Crippen LogP contribution >= 0.6 is 11.8 Å². The highest BCUT2D eigenvalue weighted by molar-refractivity contribution is 8.02. The summed E-state index contributed by atoms with van der Waals surface area (Å²) in [7, 11) is -3.70. The van der Waals surface area contributed by atoms with Gasteiger partial charge in [-0.1, -0.05) is 42.0 Å². The van der Waals surface area contributed by atoms with Crippen molar-refractivity contribution in [2.75, 3.05) is 11.0 Å². The summed E-state index contributed by atoms with van der Waals surface area (Å²) in [6.45, 7) is -0.00876. The number of halogens is 1. The Hall–Kier alpha value is -3.48. The van der Waals surface area contributed by atoms with Gasteiger partial charge in [0.05, 0.1) is 17.5 Å². The molecule has 0 heterocycles. The highest BCUT2D eigenvalue weighted by Gasteiger charge is 2.14. The van der Waals surface area contributed by atoms with E-state index in [4.69, 9.17) is 12.2 Å². The van der Waals surface area contributed by atoms with Gasteiger partial charge in [0, 0.05) is 23.2 Å². The van der Waals surface area contributed by atoms with Crippen molar-refractivity contribution in [3.8, 4) is 12.3 Å². The van der Waals surface area contributed by atoms with Crippen LogP contribution in [0.15, 0.2) is 82.8 Å². The summed E-state index contributed by atoms with van der Waals surface area (Å²) >= 11 is 1.53. The van der Waals surface area contributed by atoms with Gasteiger partial charge in [-0.3, -0.25) is 9.52 Å². The van der Waals surface area contributed by atoms with E-state index in [1.165, 1.54) is 30.0 Å². The molecule has 0 unspecified atom stereocenters. The third-order valence-corrected chi connectivity index (χ3v) is 5.21. The van der Waals surface area contributed by atoms with Gasteiger partial charge in [-0.25, -0.2) is 12.8 Å². The van der Waals surface area contributed by atoms with Crippen LogP contribution in [-0.2, 0) is 21.4 Å². The van der Waals surface area contributed by atoms with Crippen LogP contribution in [0.1, 0.15) is 11.1 Å². The van der Waals surface area contributed by atoms with Crippen molar-refractivity contribution in [3.05, 3.63) is 94.8 Å². The smallest absolute Gasteiger partial charge is 0.244 e. The molecule has 2 aromatic carbocycles. The lowest BCUT2D eigenvalue weighted by Crippen LogP contribution is -2.21. The van der Waals surface area contributed by atoms with E-state index in [0.29, 0.717) is 11.3 Å². The second-order valence-corrected chi connectivity index (χ2v) is 9.22. The Bertz CT molecular complexity index is 1200. The first-order valence-electron chi connectivity index (χ1n) is 9.24. The van der Waals surface area contributed by atoms with Gasteiger partial charge in [-0.05, 0) is 47.4 Å². The molecule has 166 valence electrons. The van der Waals surface area contributed by atoms with E-state index < -0.39 is 21.7 Å². The van der Waals surface area contributed by atoms with Crippen molar-refractivity contribution in [3.63, 3.8) is 0 Å². The summed E-state index contributed by atoms with van der Waals surface area (Å²) in [6, 6.07) is 12.3. The molecule has 0 bridgehead atoms.